The van der Waals surface area contributed by atoms with Crippen molar-refractivity contribution in [2.75, 3.05) is 23.3 Å². The molecule has 0 aliphatic carbocycles. The fraction of sp³-hybridized carbons (Fsp3) is 0.263. The molecule has 0 bridgehead atoms. The monoisotopic (exact) mass is 354 g/mol. The molecule has 0 unspecified atom stereocenters. The third-order valence-corrected chi connectivity index (χ3v) is 4.84. The number of anilines is 2. The van der Waals surface area contributed by atoms with E-state index in [0.717, 1.165) is 25.9 Å². The molecule has 0 saturated carbocycles. The van der Waals surface area contributed by atoms with Gasteiger partial charge in [-0.05, 0) is 43.2 Å². The molecule has 2 N–H and O–H groups in total. The lowest BCUT2D eigenvalue weighted by molar-refractivity contribution is 0.102. The molecule has 2 aromatic carbocycles. The molecule has 6 nitrogen and oxygen atoms in total. The van der Waals surface area contributed by atoms with E-state index in [1.807, 2.05) is 6.07 Å². The van der Waals surface area contributed by atoms with Gasteiger partial charge in [0.1, 0.15) is 11.5 Å². The molecular weight excluding hydrogens is 335 g/mol. The third-order valence-electron chi connectivity index (χ3n) is 4.84. The third kappa shape index (κ3) is 2.75. The van der Waals surface area contributed by atoms with Gasteiger partial charge in [-0.1, -0.05) is 6.07 Å². The summed E-state index contributed by atoms with van der Waals surface area (Å²) in [7, 11) is 1.66. The topological polar surface area (TPSA) is 70.1 Å². The summed E-state index contributed by atoms with van der Waals surface area (Å²) in [6.45, 7) is 1.70. The largest absolute Gasteiger partial charge is 0.370 e. The van der Waals surface area contributed by atoms with Gasteiger partial charge in [0.15, 0.2) is 0 Å². The number of nitrogens with one attached hydrogen (secondary N) is 2. The highest BCUT2D eigenvalue weighted by atomic mass is 19.1. The lowest BCUT2D eigenvalue weighted by Crippen LogP contribution is -2.22. The van der Waals surface area contributed by atoms with Crippen molar-refractivity contribution in [2.45, 2.75) is 12.8 Å². The number of carbonyl (C=O) groups is 1. The smallest absolute Gasteiger partial charge is 0.326 e. The number of H-pyrrole nitrogens is 1. The van der Waals surface area contributed by atoms with Crippen molar-refractivity contribution >= 4 is 28.3 Å². The van der Waals surface area contributed by atoms with Gasteiger partial charge in [0, 0.05) is 25.7 Å². The second-order valence-corrected chi connectivity index (χ2v) is 6.50. The zero-order chi connectivity index (χ0) is 18.3. The highest BCUT2D eigenvalue weighted by Gasteiger charge is 2.20. The van der Waals surface area contributed by atoms with Gasteiger partial charge in [-0.15, -0.1) is 0 Å². The number of hydrogen-bond donors (Lipinski definition) is 2. The maximum absolute atomic E-state index is 14.4. The number of hydrogen-bond acceptors (Lipinski definition) is 3. The molecule has 1 aliphatic heterocycles. The summed E-state index contributed by atoms with van der Waals surface area (Å²) in [6.07, 6.45) is 2.11. The average molecular weight is 354 g/mol. The number of nitrogens with zero attached hydrogens (tertiary/aromatic N) is 2. The van der Waals surface area contributed by atoms with Gasteiger partial charge in [-0.2, -0.15) is 0 Å². The minimum absolute atomic E-state index is 0.195. The van der Waals surface area contributed by atoms with Crippen molar-refractivity contribution in [3.63, 3.8) is 0 Å². The molecule has 4 rings (SSSR count). The van der Waals surface area contributed by atoms with Crippen LogP contribution in [0.4, 0.5) is 15.8 Å². The summed E-state index contributed by atoms with van der Waals surface area (Å²) in [5, 5.41) is 2.70. The van der Waals surface area contributed by atoms with E-state index < -0.39 is 11.7 Å². The van der Waals surface area contributed by atoms with E-state index >= 15 is 0 Å². The molecule has 0 radical (unpaired) electrons. The van der Waals surface area contributed by atoms with Crippen LogP contribution in [0.3, 0.4) is 0 Å². The lowest BCUT2D eigenvalue weighted by Gasteiger charge is -2.22. The van der Waals surface area contributed by atoms with E-state index in [-0.39, 0.29) is 11.4 Å². The molecule has 1 aromatic heterocycles. The summed E-state index contributed by atoms with van der Waals surface area (Å²) in [4.78, 5) is 29.2. The normalized spacial score (nSPS) is 14.2. The second kappa shape index (κ2) is 6.33. The number of halogens is 1. The van der Waals surface area contributed by atoms with E-state index in [4.69, 9.17) is 0 Å². The van der Waals surface area contributed by atoms with Crippen LogP contribution in [0.25, 0.3) is 11.0 Å². The summed E-state index contributed by atoms with van der Waals surface area (Å²) in [6, 6.07) is 9.74. The Kier molecular flexibility index (Phi) is 3.99. The first-order valence-electron chi connectivity index (χ1n) is 8.58. The zero-order valence-corrected chi connectivity index (χ0v) is 14.4. The maximum Gasteiger partial charge on any atom is 0.326 e. The van der Waals surface area contributed by atoms with Crippen molar-refractivity contribution < 1.29 is 9.18 Å². The van der Waals surface area contributed by atoms with Crippen molar-refractivity contribution in [1.82, 2.24) is 9.55 Å². The highest BCUT2D eigenvalue weighted by Crippen LogP contribution is 2.31. The molecule has 7 heteroatoms. The number of carbonyl (C=O) groups excluding carboxylic acids is 1. The van der Waals surface area contributed by atoms with Crippen molar-refractivity contribution in [3.05, 3.63) is 58.3 Å². The molecule has 0 atom stereocenters. The van der Waals surface area contributed by atoms with Crippen LogP contribution in [-0.4, -0.2) is 28.5 Å². The van der Waals surface area contributed by atoms with Crippen LogP contribution < -0.4 is 15.9 Å². The summed E-state index contributed by atoms with van der Waals surface area (Å²) >= 11 is 0. The number of imidazole rings is 1. The fourth-order valence-electron chi connectivity index (χ4n) is 3.42. The first kappa shape index (κ1) is 16.4. The van der Waals surface area contributed by atoms with Gasteiger partial charge in [0.2, 0.25) is 0 Å². The van der Waals surface area contributed by atoms with Gasteiger partial charge < -0.3 is 15.2 Å². The lowest BCUT2D eigenvalue weighted by atomic mass is 10.1. The molecule has 1 saturated heterocycles. The predicted octanol–water partition coefficient (Wildman–Crippen LogP) is 2.86. The minimum atomic E-state index is -0.461. The Bertz CT molecular complexity index is 1050. The van der Waals surface area contributed by atoms with Gasteiger partial charge in [0.05, 0.1) is 16.7 Å². The van der Waals surface area contributed by atoms with Crippen LogP contribution >= 0.6 is 0 Å². The van der Waals surface area contributed by atoms with Crippen LogP contribution in [-0.2, 0) is 7.05 Å². The summed E-state index contributed by atoms with van der Waals surface area (Å²) in [5.74, 6) is -0.876. The Morgan fingerprint density at radius 2 is 1.96 bits per heavy atom. The maximum atomic E-state index is 14.4. The van der Waals surface area contributed by atoms with E-state index in [9.17, 15) is 14.0 Å². The van der Waals surface area contributed by atoms with Gasteiger partial charge in [-0.3, -0.25) is 9.36 Å². The fourth-order valence-corrected chi connectivity index (χ4v) is 3.42. The van der Waals surface area contributed by atoms with Crippen LogP contribution in [0.2, 0.25) is 0 Å². The number of amides is 1. The number of para-hydroxylation sites is 1. The first-order valence-corrected chi connectivity index (χ1v) is 8.58. The van der Waals surface area contributed by atoms with E-state index in [0.29, 0.717) is 22.3 Å². The van der Waals surface area contributed by atoms with Gasteiger partial charge in [0.25, 0.3) is 5.91 Å². The number of fused-ring (bicyclic) bond motifs is 1. The molecule has 3 aromatic rings. The zero-order valence-electron chi connectivity index (χ0n) is 14.4. The number of aromatic nitrogens is 2. The van der Waals surface area contributed by atoms with Crippen molar-refractivity contribution in [2.24, 2.45) is 7.05 Å². The quantitative estimate of drug-likeness (QED) is 0.760. The predicted molar refractivity (Wildman–Crippen MR) is 99.3 cm³/mol. The Hall–Kier alpha value is -3.09. The van der Waals surface area contributed by atoms with Crippen LogP contribution in [0.5, 0.6) is 0 Å². The number of aromatic amines is 1. The molecule has 1 fully saturated rings. The van der Waals surface area contributed by atoms with E-state index in [1.165, 1.54) is 10.6 Å². The van der Waals surface area contributed by atoms with Gasteiger partial charge >= 0.3 is 5.69 Å². The SMILES string of the molecule is Cn1c(=O)[nH]c2cc(C(=O)Nc3c(F)cccc3N3CCCC3)ccc21. The van der Waals surface area contributed by atoms with Gasteiger partial charge in [-0.25, -0.2) is 9.18 Å². The first-order chi connectivity index (χ1) is 12.5. The van der Waals surface area contributed by atoms with Crippen LogP contribution in [0.15, 0.2) is 41.2 Å². The van der Waals surface area contributed by atoms with Crippen LogP contribution in [0.1, 0.15) is 23.2 Å². The molecule has 1 amide bonds. The number of aryl methyl sites for hydroxylation is 1. The summed E-state index contributed by atoms with van der Waals surface area (Å²) in [5.41, 5.74) is 2.28. The number of benzene rings is 2. The van der Waals surface area contributed by atoms with E-state index in [1.54, 1.807) is 31.3 Å². The van der Waals surface area contributed by atoms with E-state index in [2.05, 4.69) is 15.2 Å². The Morgan fingerprint density at radius 1 is 1.19 bits per heavy atom. The van der Waals surface area contributed by atoms with Crippen molar-refractivity contribution in [3.8, 4) is 0 Å². The molecule has 134 valence electrons. The Labute approximate surface area is 149 Å². The molecule has 1 aliphatic rings. The Morgan fingerprint density at radius 3 is 2.73 bits per heavy atom. The molecule has 2 heterocycles. The average Bonchev–Trinajstić information content (AvgIpc) is 3.25. The highest BCUT2D eigenvalue weighted by molar-refractivity contribution is 6.07. The molecule has 26 heavy (non-hydrogen) atoms. The minimum Gasteiger partial charge on any atom is -0.370 e. The van der Waals surface area contributed by atoms with Crippen molar-refractivity contribution in [1.29, 1.82) is 0 Å². The summed E-state index contributed by atoms with van der Waals surface area (Å²) < 4.78 is 15.9. The molecule has 0 spiro atoms. The standard InChI is InChI=1S/C19H19FN4O2/c1-23-15-8-7-12(11-14(15)21-19(23)26)18(25)22-17-13(20)5-4-6-16(17)24-9-2-3-10-24/h4-8,11H,2-3,9-10H2,1H3,(H,21,26)(H,22,25). The second-order valence-electron chi connectivity index (χ2n) is 6.50. The van der Waals surface area contributed by atoms with Crippen LogP contribution in [0, 0.1) is 5.82 Å². The molecular formula is C19H19FN4O2. The number of rotatable bonds is 3. The Balaban J connectivity index is 1.67.